The predicted octanol–water partition coefficient (Wildman–Crippen LogP) is 4.86. The van der Waals surface area contributed by atoms with Gasteiger partial charge in [0.05, 0.1) is 0 Å². The lowest BCUT2D eigenvalue weighted by Crippen LogP contribution is -2.35. The number of hydrogen-bond acceptors (Lipinski definition) is 3. The first-order valence-electron chi connectivity index (χ1n) is 10.3. The van der Waals surface area contributed by atoms with Crippen molar-refractivity contribution in [3.63, 3.8) is 0 Å². The van der Waals surface area contributed by atoms with Gasteiger partial charge in [-0.1, -0.05) is 57.0 Å². The van der Waals surface area contributed by atoms with Crippen LogP contribution in [0.2, 0.25) is 0 Å². The van der Waals surface area contributed by atoms with Crippen molar-refractivity contribution < 1.29 is 4.74 Å². The second-order valence-electron chi connectivity index (χ2n) is 8.12. The van der Waals surface area contributed by atoms with Crippen molar-refractivity contribution in [3.8, 4) is 0 Å². The Morgan fingerprint density at radius 3 is 2.40 bits per heavy atom. The zero-order valence-electron chi connectivity index (χ0n) is 16.1. The molecule has 2 atom stereocenters. The van der Waals surface area contributed by atoms with Gasteiger partial charge in [0.25, 0.3) is 0 Å². The molecule has 0 aromatic heterocycles. The molecular formula is C22H35N2O. The maximum absolute atomic E-state index is 6.11. The molecule has 0 aliphatic carbocycles. The summed E-state index contributed by atoms with van der Waals surface area (Å²) in [7, 11) is 0. The molecule has 3 rings (SSSR count). The number of ether oxygens (including phenoxy) is 1. The fourth-order valence-electron chi connectivity index (χ4n) is 4.23. The molecule has 0 amide bonds. The van der Waals surface area contributed by atoms with Gasteiger partial charge in [-0.05, 0) is 56.8 Å². The summed E-state index contributed by atoms with van der Waals surface area (Å²) < 4.78 is 6.11. The molecule has 25 heavy (non-hydrogen) atoms. The lowest BCUT2D eigenvalue weighted by Gasteiger charge is -2.28. The molecule has 2 aliphatic rings. The van der Waals surface area contributed by atoms with Crippen molar-refractivity contribution in [1.29, 1.82) is 0 Å². The van der Waals surface area contributed by atoms with Crippen molar-refractivity contribution in [3.05, 3.63) is 42.6 Å². The zero-order chi connectivity index (χ0) is 17.5. The van der Waals surface area contributed by atoms with E-state index in [4.69, 9.17) is 4.74 Å². The summed E-state index contributed by atoms with van der Waals surface area (Å²) in [6, 6.07) is 11.2. The Balaban J connectivity index is 1.54. The second kappa shape index (κ2) is 9.70. The van der Waals surface area contributed by atoms with Crippen LogP contribution in [0.25, 0.3) is 0 Å². The van der Waals surface area contributed by atoms with E-state index in [0.717, 1.165) is 6.54 Å². The molecule has 2 saturated heterocycles. The highest BCUT2D eigenvalue weighted by molar-refractivity contribution is 5.20. The molecule has 2 aliphatic heterocycles. The highest BCUT2D eigenvalue weighted by Gasteiger charge is 2.36. The van der Waals surface area contributed by atoms with E-state index in [1.54, 1.807) is 0 Å². The molecule has 1 aromatic rings. The fourth-order valence-corrected chi connectivity index (χ4v) is 4.23. The SMILES string of the molecule is CC(C)C[C@H]1[C@@H](c2ccccc2)O[CH]N1CCCN1CCCCCC1. The summed E-state index contributed by atoms with van der Waals surface area (Å²) in [5, 5.41) is 0. The Morgan fingerprint density at radius 1 is 1.00 bits per heavy atom. The molecular weight excluding hydrogens is 308 g/mol. The molecule has 0 saturated carbocycles. The topological polar surface area (TPSA) is 15.7 Å². The second-order valence-corrected chi connectivity index (χ2v) is 8.12. The first-order chi connectivity index (χ1) is 12.2. The number of benzene rings is 1. The molecule has 3 heteroatoms. The van der Waals surface area contributed by atoms with Gasteiger partial charge >= 0.3 is 0 Å². The van der Waals surface area contributed by atoms with E-state index in [0.29, 0.717) is 12.0 Å². The van der Waals surface area contributed by atoms with Crippen molar-refractivity contribution in [1.82, 2.24) is 9.80 Å². The van der Waals surface area contributed by atoms with Gasteiger partial charge in [-0.15, -0.1) is 0 Å². The maximum atomic E-state index is 6.11. The summed E-state index contributed by atoms with van der Waals surface area (Å²) in [5.74, 6) is 0.680. The van der Waals surface area contributed by atoms with Crippen LogP contribution in [0, 0.1) is 12.6 Å². The normalized spacial score (nSPS) is 26.2. The third kappa shape index (κ3) is 5.54. The largest absolute Gasteiger partial charge is 0.349 e. The Hall–Kier alpha value is -0.900. The average Bonchev–Trinajstić information content (AvgIpc) is 2.82. The Labute approximate surface area is 154 Å². The smallest absolute Gasteiger partial charge is 0.152 e. The number of likely N-dealkylation sites (tertiary alicyclic amines) is 1. The molecule has 3 nitrogen and oxygen atoms in total. The molecule has 139 valence electrons. The highest BCUT2D eigenvalue weighted by Crippen LogP contribution is 2.36. The van der Waals surface area contributed by atoms with Crippen LogP contribution in [0.4, 0.5) is 0 Å². The third-order valence-electron chi connectivity index (χ3n) is 5.55. The monoisotopic (exact) mass is 343 g/mol. The molecule has 0 bridgehead atoms. The number of rotatable bonds is 7. The van der Waals surface area contributed by atoms with Gasteiger partial charge < -0.3 is 9.64 Å². The molecule has 1 aromatic carbocycles. The van der Waals surface area contributed by atoms with Crippen LogP contribution in [0.1, 0.15) is 64.0 Å². The zero-order valence-corrected chi connectivity index (χ0v) is 16.1. The van der Waals surface area contributed by atoms with Crippen LogP contribution in [0.5, 0.6) is 0 Å². The van der Waals surface area contributed by atoms with Gasteiger partial charge in [0.15, 0.2) is 6.73 Å². The Morgan fingerprint density at radius 2 is 1.72 bits per heavy atom. The molecule has 0 spiro atoms. The Kier molecular flexibility index (Phi) is 7.33. The molecule has 0 N–H and O–H groups in total. The van der Waals surface area contributed by atoms with E-state index in [9.17, 15) is 0 Å². The van der Waals surface area contributed by atoms with E-state index in [1.165, 1.54) is 63.7 Å². The van der Waals surface area contributed by atoms with E-state index >= 15 is 0 Å². The first-order valence-corrected chi connectivity index (χ1v) is 10.3. The maximum Gasteiger partial charge on any atom is 0.152 e. The predicted molar refractivity (Wildman–Crippen MR) is 104 cm³/mol. The minimum Gasteiger partial charge on any atom is -0.349 e. The number of nitrogens with zero attached hydrogens (tertiary/aromatic N) is 2. The summed E-state index contributed by atoms with van der Waals surface area (Å²) in [4.78, 5) is 5.13. The van der Waals surface area contributed by atoms with Crippen LogP contribution in [0.3, 0.4) is 0 Å². The average molecular weight is 344 g/mol. The molecule has 0 unspecified atom stereocenters. The Bertz CT molecular complexity index is 482. The van der Waals surface area contributed by atoms with Crippen LogP contribution >= 0.6 is 0 Å². The standard InChI is InChI=1S/C22H35N2O/c1-19(2)17-21-22(20-11-6-5-7-12-20)25-18-24(21)16-10-15-23-13-8-3-4-9-14-23/h5-7,11-12,18-19,21-22H,3-4,8-10,13-17H2,1-2H3/t21-,22+/m0/s1. The fraction of sp³-hybridized carbons (Fsp3) is 0.682. The van der Waals surface area contributed by atoms with Crippen LogP contribution in [-0.2, 0) is 4.74 Å². The molecule has 1 radical (unpaired) electrons. The van der Waals surface area contributed by atoms with Crippen molar-refractivity contribution in [2.75, 3.05) is 26.2 Å². The van der Waals surface area contributed by atoms with Gasteiger partial charge in [0, 0.05) is 12.6 Å². The first kappa shape index (κ1) is 18.9. The van der Waals surface area contributed by atoms with Gasteiger partial charge in [0.1, 0.15) is 6.10 Å². The van der Waals surface area contributed by atoms with Crippen LogP contribution < -0.4 is 0 Å². The molecule has 2 fully saturated rings. The van der Waals surface area contributed by atoms with E-state index in [1.807, 2.05) is 6.73 Å². The number of hydrogen-bond donors (Lipinski definition) is 0. The van der Waals surface area contributed by atoms with Crippen LogP contribution in [-0.4, -0.2) is 42.0 Å². The van der Waals surface area contributed by atoms with Crippen molar-refractivity contribution in [2.45, 2.75) is 64.5 Å². The van der Waals surface area contributed by atoms with Gasteiger partial charge in [-0.2, -0.15) is 0 Å². The minimum absolute atomic E-state index is 0.182. The summed E-state index contributed by atoms with van der Waals surface area (Å²) in [5.41, 5.74) is 1.31. The van der Waals surface area contributed by atoms with Gasteiger partial charge in [-0.25, -0.2) is 0 Å². The van der Waals surface area contributed by atoms with E-state index < -0.39 is 0 Å². The summed E-state index contributed by atoms with van der Waals surface area (Å²) in [6.07, 6.45) is 8.19. The van der Waals surface area contributed by atoms with Crippen molar-refractivity contribution in [2.24, 2.45) is 5.92 Å². The molecule has 2 heterocycles. The third-order valence-corrected chi connectivity index (χ3v) is 5.55. The van der Waals surface area contributed by atoms with Gasteiger partial charge in [0.2, 0.25) is 0 Å². The minimum atomic E-state index is 0.182. The lowest BCUT2D eigenvalue weighted by atomic mass is 9.94. The summed E-state index contributed by atoms with van der Waals surface area (Å²) in [6.45, 7) is 11.6. The van der Waals surface area contributed by atoms with Crippen molar-refractivity contribution >= 4 is 0 Å². The summed E-state index contributed by atoms with van der Waals surface area (Å²) >= 11 is 0. The van der Waals surface area contributed by atoms with Crippen LogP contribution in [0.15, 0.2) is 30.3 Å². The van der Waals surface area contributed by atoms with E-state index in [2.05, 4.69) is 54.0 Å². The highest BCUT2D eigenvalue weighted by atomic mass is 16.5. The van der Waals surface area contributed by atoms with E-state index in [-0.39, 0.29) is 6.10 Å². The van der Waals surface area contributed by atoms with Gasteiger partial charge in [-0.3, -0.25) is 4.90 Å². The quantitative estimate of drug-likeness (QED) is 0.703. The lowest BCUT2D eigenvalue weighted by molar-refractivity contribution is 0.139.